The summed E-state index contributed by atoms with van der Waals surface area (Å²) in [6, 6.07) is 4.10. The first-order chi connectivity index (χ1) is 6.79. The number of nitrogens with zero attached hydrogens (tertiary/aromatic N) is 2. The lowest BCUT2D eigenvalue weighted by Crippen LogP contribution is -2.21. The first-order valence-electron chi connectivity index (χ1n) is 5.08. The Hall–Kier alpha value is -1.09. The minimum atomic E-state index is 0.294. The van der Waals surface area contributed by atoms with Gasteiger partial charge >= 0.3 is 0 Å². The van der Waals surface area contributed by atoms with Crippen molar-refractivity contribution in [2.24, 2.45) is 5.92 Å². The molecule has 14 heavy (non-hydrogen) atoms. The van der Waals surface area contributed by atoms with Crippen molar-refractivity contribution >= 4 is 5.82 Å². The fourth-order valence-corrected chi connectivity index (χ4v) is 1.88. The number of aliphatic hydroxyl groups excluding tert-OH is 1. The van der Waals surface area contributed by atoms with Crippen molar-refractivity contribution in [3.05, 3.63) is 23.9 Å². The summed E-state index contributed by atoms with van der Waals surface area (Å²) in [5, 5.41) is 9.04. The van der Waals surface area contributed by atoms with Crippen LogP contribution < -0.4 is 4.90 Å². The fourth-order valence-electron chi connectivity index (χ4n) is 1.88. The number of rotatable bonds is 2. The second-order valence-corrected chi connectivity index (χ2v) is 3.97. The molecule has 0 radical (unpaired) electrons. The molecule has 3 nitrogen and oxygen atoms in total. The van der Waals surface area contributed by atoms with Crippen LogP contribution in [-0.4, -0.2) is 29.8 Å². The number of pyridine rings is 1. The maximum Gasteiger partial charge on any atom is 0.128 e. The largest absolute Gasteiger partial charge is 0.396 e. The number of anilines is 1. The molecular weight excluding hydrogens is 176 g/mol. The van der Waals surface area contributed by atoms with Crippen molar-refractivity contribution in [2.75, 3.05) is 24.6 Å². The van der Waals surface area contributed by atoms with E-state index in [9.17, 15) is 0 Å². The van der Waals surface area contributed by atoms with Gasteiger partial charge in [0, 0.05) is 31.8 Å². The molecule has 1 aromatic rings. The van der Waals surface area contributed by atoms with E-state index >= 15 is 0 Å². The smallest absolute Gasteiger partial charge is 0.128 e. The van der Waals surface area contributed by atoms with E-state index in [1.807, 2.05) is 12.3 Å². The van der Waals surface area contributed by atoms with E-state index in [-0.39, 0.29) is 0 Å². The zero-order valence-electron chi connectivity index (χ0n) is 8.48. The van der Waals surface area contributed by atoms with Crippen LogP contribution in [0.1, 0.15) is 12.0 Å². The van der Waals surface area contributed by atoms with Gasteiger partial charge in [-0.1, -0.05) is 0 Å². The van der Waals surface area contributed by atoms with Crippen molar-refractivity contribution in [3.8, 4) is 0 Å². The standard InChI is InChI=1S/C11H16N2O/c1-9-2-4-12-11(6-9)13-5-3-10(7-13)8-14/h2,4,6,10,14H,3,5,7-8H2,1H3/t10-/m1/s1. The minimum Gasteiger partial charge on any atom is -0.396 e. The Balaban J connectivity index is 2.09. The summed E-state index contributed by atoms with van der Waals surface area (Å²) in [5.74, 6) is 1.47. The van der Waals surface area contributed by atoms with E-state index in [2.05, 4.69) is 22.9 Å². The molecule has 0 bridgehead atoms. The molecule has 1 aromatic heterocycles. The average molecular weight is 192 g/mol. The molecule has 0 saturated carbocycles. The van der Waals surface area contributed by atoms with Crippen LogP contribution in [0.4, 0.5) is 5.82 Å². The Kier molecular flexibility index (Phi) is 2.68. The number of aliphatic hydroxyl groups is 1. The maximum absolute atomic E-state index is 9.04. The van der Waals surface area contributed by atoms with E-state index in [4.69, 9.17) is 5.11 Å². The van der Waals surface area contributed by atoms with Gasteiger partial charge in [-0.2, -0.15) is 0 Å². The summed E-state index contributed by atoms with van der Waals surface area (Å²) in [7, 11) is 0. The first kappa shape index (κ1) is 9.46. The minimum absolute atomic E-state index is 0.294. The lowest BCUT2D eigenvalue weighted by molar-refractivity contribution is 0.238. The number of hydrogen-bond donors (Lipinski definition) is 1. The molecule has 0 amide bonds. The van der Waals surface area contributed by atoms with Gasteiger partial charge in [0.05, 0.1) is 0 Å². The summed E-state index contributed by atoms with van der Waals surface area (Å²) in [6.45, 7) is 4.32. The van der Waals surface area contributed by atoms with Crippen molar-refractivity contribution in [3.63, 3.8) is 0 Å². The van der Waals surface area contributed by atoms with E-state index in [1.54, 1.807) is 0 Å². The SMILES string of the molecule is Cc1ccnc(N2CC[C@@H](CO)C2)c1. The van der Waals surface area contributed by atoms with Gasteiger partial charge in [0.25, 0.3) is 0 Å². The molecule has 0 aliphatic carbocycles. The number of aromatic nitrogens is 1. The highest BCUT2D eigenvalue weighted by Gasteiger charge is 2.22. The first-order valence-corrected chi connectivity index (χ1v) is 5.08. The van der Waals surface area contributed by atoms with Crippen LogP contribution in [0.3, 0.4) is 0 Å². The van der Waals surface area contributed by atoms with Gasteiger partial charge in [-0.3, -0.25) is 0 Å². The monoisotopic (exact) mass is 192 g/mol. The van der Waals surface area contributed by atoms with Gasteiger partial charge in [0.2, 0.25) is 0 Å². The number of aryl methyl sites for hydroxylation is 1. The highest BCUT2D eigenvalue weighted by Crippen LogP contribution is 2.21. The lowest BCUT2D eigenvalue weighted by atomic mass is 10.1. The van der Waals surface area contributed by atoms with Crippen LogP contribution in [0.2, 0.25) is 0 Å². The molecule has 0 aromatic carbocycles. The van der Waals surface area contributed by atoms with Gasteiger partial charge in [-0.05, 0) is 31.0 Å². The molecule has 1 fully saturated rings. The lowest BCUT2D eigenvalue weighted by Gasteiger charge is -2.17. The van der Waals surface area contributed by atoms with Crippen molar-refractivity contribution in [1.82, 2.24) is 4.98 Å². The molecule has 3 heteroatoms. The van der Waals surface area contributed by atoms with E-state index in [1.165, 1.54) is 5.56 Å². The second kappa shape index (κ2) is 3.96. The van der Waals surface area contributed by atoms with E-state index in [0.29, 0.717) is 12.5 Å². The maximum atomic E-state index is 9.04. The summed E-state index contributed by atoms with van der Waals surface area (Å²) in [6.07, 6.45) is 2.92. The van der Waals surface area contributed by atoms with Crippen molar-refractivity contribution in [1.29, 1.82) is 0 Å². The summed E-state index contributed by atoms with van der Waals surface area (Å²) < 4.78 is 0. The summed E-state index contributed by atoms with van der Waals surface area (Å²) in [5.41, 5.74) is 1.24. The number of hydrogen-bond acceptors (Lipinski definition) is 3. The van der Waals surface area contributed by atoms with Crippen LogP contribution in [0, 0.1) is 12.8 Å². The Morgan fingerprint density at radius 3 is 3.14 bits per heavy atom. The van der Waals surface area contributed by atoms with Gasteiger partial charge in [-0.15, -0.1) is 0 Å². The van der Waals surface area contributed by atoms with Crippen LogP contribution in [-0.2, 0) is 0 Å². The third-order valence-electron chi connectivity index (χ3n) is 2.77. The summed E-state index contributed by atoms with van der Waals surface area (Å²) in [4.78, 5) is 6.58. The molecule has 0 spiro atoms. The zero-order chi connectivity index (χ0) is 9.97. The Labute approximate surface area is 84.4 Å². The third kappa shape index (κ3) is 1.87. The zero-order valence-corrected chi connectivity index (χ0v) is 8.48. The van der Waals surface area contributed by atoms with Crippen LogP contribution in [0.25, 0.3) is 0 Å². The van der Waals surface area contributed by atoms with Gasteiger partial charge in [0.15, 0.2) is 0 Å². The predicted octanol–water partition coefficient (Wildman–Crippen LogP) is 1.21. The topological polar surface area (TPSA) is 36.4 Å². The molecule has 1 saturated heterocycles. The van der Waals surface area contributed by atoms with Gasteiger partial charge in [0.1, 0.15) is 5.82 Å². The van der Waals surface area contributed by atoms with Crippen LogP contribution >= 0.6 is 0 Å². The molecule has 1 aliphatic rings. The molecule has 2 heterocycles. The van der Waals surface area contributed by atoms with Crippen LogP contribution in [0.5, 0.6) is 0 Å². The highest BCUT2D eigenvalue weighted by atomic mass is 16.3. The molecule has 1 atom stereocenters. The molecule has 1 aliphatic heterocycles. The Morgan fingerprint density at radius 2 is 2.50 bits per heavy atom. The quantitative estimate of drug-likeness (QED) is 0.765. The third-order valence-corrected chi connectivity index (χ3v) is 2.77. The van der Waals surface area contributed by atoms with E-state index in [0.717, 1.165) is 25.3 Å². The Morgan fingerprint density at radius 1 is 1.64 bits per heavy atom. The predicted molar refractivity (Wildman–Crippen MR) is 56.4 cm³/mol. The van der Waals surface area contributed by atoms with E-state index < -0.39 is 0 Å². The van der Waals surface area contributed by atoms with Gasteiger partial charge < -0.3 is 10.0 Å². The average Bonchev–Trinajstić information content (AvgIpc) is 2.66. The molecule has 2 rings (SSSR count). The normalized spacial score (nSPS) is 21.6. The van der Waals surface area contributed by atoms with Crippen LogP contribution in [0.15, 0.2) is 18.3 Å². The Bertz CT molecular complexity index is 314. The van der Waals surface area contributed by atoms with Crippen molar-refractivity contribution in [2.45, 2.75) is 13.3 Å². The molecular formula is C11H16N2O. The summed E-state index contributed by atoms with van der Waals surface area (Å²) >= 11 is 0. The van der Waals surface area contributed by atoms with Gasteiger partial charge in [-0.25, -0.2) is 4.98 Å². The highest BCUT2D eigenvalue weighted by molar-refractivity contribution is 5.41. The fraction of sp³-hybridized carbons (Fsp3) is 0.545. The second-order valence-electron chi connectivity index (χ2n) is 3.97. The molecule has 76 valence electrons. The van der Waals surface area contributed by atoms with Crippen molar-refractivity contribution < 1.29 is 5.11 Å². The molecule has 1 N–H and O–H groups in total. The molecule has 0 unspecified atom stereocenters.